The topological polar surface area (TPSA) is 42.7 Å². The fraction of sp³-hybridized carbons (Fsp3) is 0.500. The largest absolute Gasteiger partial charge is 0.328 e. The number of imidazole rings is 1. The van der Waals surface area contributed by atoms with Crippen LogP contribution in [0, 0.1) is 0 Å². The molecular formula is C12H18N4S. The standard InChI is InChI=1S/C12H18N4S/c1-3-12-15-10(9-17-12)8-16-6-5-14-11(16)7-13-4-2/h5-6,9,13H,3-4,7-8H2,1-2H3. The van der Waals surface area contributed by atoms with E-state index in [2.05, 4.69) is 39.1 Å². The molecule has 2 aromatic heterocycles. The SMILES string of the molecule is CCNCc1nccn1Cc1csc(CC)n1. The monoisotopic (exact) mass is 250 g/mol. The van der Waals surface area contributed by atoms with Gasteiger partial charge in [0.1, 0.15) is 5.82 Å². The van der Waals surface area contributed by atoms with Crippen LogP contribution in [0.15, 0.2) is 17.8 Å². The average Bonchev–Trinajstić information content (AvgIpc) is 2.96. The molecule has 0 aliphatic heterocycles. The Kier molecular flexibility index (Phi) is 4.28. The molecule has 0 radical (unpaired) electrons. The fourth-order valence-electron chi connectivity index (χ4n) is 1.65. The Labute approximate surface area is 106 Å². The van der Waals surface area contributed by atoms with Crippen molar-refractivity contribution in [3.8, 4) is 0 Å². The third kappa shape index (κ3) is 3.14. The molecule has 17 heavy (non-hydrogen) atoms. The Balaban J connectivity index is 2.04. The first-order chi connectivity index (χ1) is 8.33. The highest BCUT2D eigenvalue weighted by molar-refractivity contribution is 7.09. The highest BCUT2D eigenvalue weighted by atomic mass is 32.1. The summed E-state index contributed by atoms with van der Waals surface area (Å²) >= 11 is 1.73. The van der Waals surface area contributed by atoms with Crippen LogP contribution in [0.1, 0.15) is 30.4 Å². The molecule has 2 heterocycles. The molecule has 0 bridgehead atoms. The fourth-order valence-corrected chi connectivity index (χ4v) is 2.38. The van der Waals surface area contributed by atoms with E-state index in [-0.39, 0.29) is 0 Å². The zero-order chi connectivity index (χ0) is 12.1. The van der Waals surface area contributed by atoms with E-state index in [9.17, 15) is 0 Å². The van der Waals surface area contributed by atoms with Gasteiger partial charge in [-0.1, -0.05) is 13.8 Å². The number of nitrogens with zero attached hydrogens (tertiary/aromatic N) is 3. The van der Waals surface area contributed by atoms with Gasteiger partial charge in [0.15, 0.2) is 0 Å². The second-order valence-electron chi connectivity index (χ2n) is 3.84. The Bertz CT molecular complexity index is 461. The number of thiazole rings is 1. The van der Waals surface area contributed by atoms with Crippen molar-refractivity contribution in [3.63, 3.8) is 0 Å². The summed E-state index contributed by atoms with van der Waals surface area (Å²) in [7, 11) is 0. The van der Waals surface area contributed by atoms with Crippen LogP contribution in [0.2, 0.25) is 0 Å². The first-order valence-corrected chi connectivity index (χ1v) is 6.85. The first-order valence-electron chi connectivity index (χ1n) is 5.97. The van der Waals surface area contributed by atoms with E-state index in [0.29, 0.717) is 0 Å². The quantitative estimate of drug-likeness (QED) is 0.853. The van der Waals surface area contributed by atoms with Crippen molar-refractivity contribution in [2.24, 2.45) is 0 Å². The minimum Gasteiger partial charge on any atom is -0.328 e. The predicted octanol–water partition coefficient (Wildman–Crippen LogP) is 2.06. The number of aromatic nitrogens is 3. The Morgan fingerprint density at radius 1 is 1.41 bits per heavy atom. The second kappa shape index (κ2) is 5.93. The zero-order valence-electron chi connectivity index (χ0n) is 10.3. The molecule has 0 atom stereocenters. The summed E-state index contributed by atoms with van der Waals surface area (Å²) in [5.74, 6) is 1.07. The third-order valence-electron chi connectivity index (χ3n) is 2.57. The number of aryl methyl sites for hydroxylation is 1. The molecule has 0 aliphatic rings. The molecule has 0 saturated carbocycles. The molecule has 0 fully saturated rings. The van der Waals surface area contributed by atoms with Crippen LogP contribution in [0.4, 0.5) is 0 Å². The van der Waals surface area contributed by atoms with Crippen LogP contribution in [-0.4, -0.2) is 21.1 Å². The van der Waals surface area contributed by atoms with Crippen LogP contribution in [0.25, 0.3) is 0 Å². The molecule has 0 amide bonds. The lowest BCUT2D eigenvalue weighted by molar-refractivity contribution is 0.635. The maximum absolute atomic E-state index is 4.57. The van der Waals surface area contributed by atoms with E-state index in [4.69, 9.17) is 0 Å². The van der Waals surface area contributed by atoms with Crippen molar-refractivity contribution in [1.82, 2.24) is 19.9 Å². The third-order valence-corrected chi connectivity index (χ3v) is 3.61. The van der Waals surface area contributed by atoms with Crippen molar-refractivity contribution >= 4 is 11.3 Å². The summed E-state index contributed by atoms with van der Waals surface area (Å²) in [4.78, 5) is 8.93. The maximum Gasteiger partial charge on any atom is 0.123 e. The van der Waals surface area contributed by atoms with Gasteiger partial charge in [0, 0.05) is 17.8 Å². The van der Waals surface area contributed by atoms with Crippen LogP contribution in [-0.2, 0) is 19.5 Å². The van der Waals surface area contributed by atoms with E-state index < -0.39 is 0 Å². The van der Waals surface area contributed by atoms with Gasteiger partial charge in [0.2, 0.25) is 0 Å². The van der Waals surface area contributed by atoms with Gasteiger partial charge in [-0.25, -0.2) is 9.97 Å². The van der Waals surface area contributed by atoms with E-state index in [1.165, 1.54) is 5.01 Å². The van der Waals surface area contributed by atoms with Gasteiger partial charge in [-0.15, -0.1) is 11.3 Å². The van der Waals surface area contributed by atoms with Crippen molar-refractivity contribution in [1.29, 1.82) is 0 Å². The molecule has 1 N–H and O–H groups in total. The summed E-state index contributed by atoms with van der Waals surface area (Å²) in [5, 5.41) is 6.63. The molecule has 4 nitrogen and oxygen atoms in total. The molecule has 0 unspecified atom stereocenters. The van der Waals surface area contributed by atoms with Gasteiger partial charge in [-0.05, 0) is 13.0 Å². The van der Waals surface area contributed by atoms with Crippen molar-refractivity contribution in [3.05, 3.63) is 34.3 Å². The minimum absolute atomic E-state index is 0.814. The number of hydrogen-bond donors (Lipinski definition) is 1. The molecule has 2 rings (SSSR count). The van der Waals surface area contributed by atoms with Gasteiger partial charge in [0.05, 0.1) is 23.8 Å². The normalized spacial score (nSPS) is 10.9. The van der Waals surface area contributed by atoms with Gasteiger partial charge in [0.25, 0.3) is 0 Å². The lowest BCUT2D eigenvalue weighted by Gasteiger charge is -2.06. The smallest absolute Gasteiger partial charge is 0.123 e. The van der Waals surface area contributed by atoms with Gasteiger partial charge in [-0.3, -0.25) is 0 Å². The number of rotatable bonds is 6. The lowest BCUT2D eigenvalue weighted by Crippen LogP contribution is -2.16. The molecule has 0 spiro atoms. The number of hydrogen-bond acceptors (Lipinski definition) is 4. The maximum atomic E-state index is 4.57. The lowest BCUT2D eigenvalue weighted by atomic mass is 10.4. The minimum atomic E-state index is 0.814. The van der Waals surface area contributed by atoms with E-state index in [1.54, 1.807) is 11.3 Å². The zero-order valence-corrected chi connectivity index (χ0v) is 11.1. The summed E-state index contributed by atoms with van der Waals surface area (Å²) in [6.45, 7) is 6.83. The van der Waals surface area contributed by atoms with Gasteiger partial charge >= 0.3 is 0 Å². The molecule has 92 valence electrons. The summed E-state index contributed by atoms with van der Waals surface area (Å²) in [6.07, 6.45) is 4.87. The molecule has 0 aliphatic carbocycles. The Hall–Kier alpha value is -1.20. The van der Waals surface area contributed by atoms with E-state index in [1.807, 2.05) is 12.4 Å². The Morgan fingerprint density at radius 2 is 2.29 bits per heavy atom. The van der Waals surface area contributed by atoms with Crippen molar-refractivity contribution in [2.45, 2.75) is 33.4 Å². The van der Waals surface area contributed by atoms with Crippen LogP contribution >= 0.6 is 11.3 Å². The molecule has 0 aromatic carbocycles. The van der Waals surface area contributed by atoms with Crippen LogP contribution in [0.5, 0.6) is 0 Å². The summed E-state index contributed by atoms with van der Waals surface area (Å²) < 4.78 is 2.15. The summed E-state index contributed by atoms with van der Waals surface area (Å²) in [6, 6.07) is 0. The Morgan fingerprint density at radius 3 is 3.00 bits per heavy atom. The molecule has 5 heteroatoms. The van der Waals surface area contributed by atoms with Crippen molar-refractivity contribution < 1.29 is 0 Å². The molecule has 2 aromatic rings. The van der Waals surface area contributed by atoms with Crippen LogP contribution < -0.4 is 5.32 Å². The number of nitrogens with one attached hydrogen (secondary N) is 1. The average molecular weight is 250 g/mol. The second-order valence-corrected chi connectivity index (χ2v) is 4.78. The van der Waals surface area contributed by atoms with Gasteiger partial charge in [-0.2, -0.15) is 0 Å². The summed E-state index contributed by atoms with van der Waals surface area (Å²) in [5.41, 5.74) is 1.13. The van der Waals surface area contributed by atoms with E-state index in [0.717, 1.165) is 37.6 Å². The highest BCUT2D eigenvalue weighted by Gasteiger charge is 2.05. The molecule has 0 saturated heterocycles. The van der Waals surface area contributed by atoms with Crippen molar-refractivity contribution in [2.75, 3.05) is 6.54 Å². The highest BCUT2D eigenvalue weighted by Crippen LogP contribution is 2.12. The predicted molar refractivity (Wildman–Crippen MR) is 70.2 cm³/mol. The first kappa shape index (κ1) is 12.3. The van der Waals surface area contributed by atoms with E-state index >= 15 is 0 Å². The van der Waals surface area contributed by atoms with Crippen LogP contribution in [0.3, 0.4) is 0 Å². The molecular weight excluding hydrogens is 232 g/mol. The van der Waals surface area contributed by atoms with Gasteiger partial charge < -0.3 is 9.88 Å².